The van der Waals surface area contributed by atoms with Crippen molar-refractivity contribution in [3.8, 4) is 0 Å². The van der Waals surface area contributed by atoms with E-state index < -0.39 is 128 Å². The first-order valence-electron chi connectivity index (χ1n) is 21.2. The fraction of sp³-hybridized carbons (Fsp3) is 0.333. The van der Waals surface area contributed by atoms with E-state index in [0.29, 0.717) is 0 Å². The average Bonchev–Trinajstić information content (AvgIpc) is 3.33. The summed E-state index contributed by atoms with van der Waals surface area (Å²) in [6, 6.07) is 26.1. The van der Waals surface area contributed by atoms with Gasteiger partial charge in [-0.2, -0.15) is 13.2 Å². The molecule has 0 aromatic heterocycles. The molecule has 11 atom stereocenters. The maximum absolute atomic E-state index is 14.1. The Hall–Kier alpha value is -7.69. The van der Waals surface area contributed by atoms with E-state index in [9.17, 15) is 56.6 Å². The number of benzene rings is 4. The number of amides is 1. The van der Waals surface area contributed by atoms with Crippen molar-refractivity contribution in [1.29, 1.82) is 0 Å². The lowest BCUT2D eigenvalue weighted by Crippen LogP contribution is -2.72. The quantitative estimate of drug-likeness (QED) is 0.127. The van der Waals surface area contributed by atoms with Gasteiger partial charge in [-0.15, -0.1) is 0 Å². The summed E-state index contributed by atoms with van der Waals surface area (Å²) in [6.07, 6.45) is -27.7. The lowest BCUT2D eigenvalue weighted by Gasteiger charge is -2.50. The van der Waals surface area contributed by atoms with Crippen LogP contribution in [0.3, 0.4) is 0 Å². The van der Waals surface area contributed by atoms with Gasteiger partial charge in [-0.25, -0.2) is 19.2 Å². The first-order chi connectivity index (χ1) is 33.3. The topological polar surface area (TPSA) is 252 Å². The van der Waals surface area contributed by atoms with Gasteiger partial charge in [-0.05, 0) is 48.5 Å². The second-order valence-corrected chi connectivity index (χ2v) is 15.5. The highest BCUT2D eigenvalue weighted by atomic mass is 19.4. The first-order valence-corrected chi connectivity index (χ1v) is 21.2. The maximum Gasteiger partial charge on any atom is 0.471 e. The van der Waals surface area contributed by atoms with Gasteiger partial charge in [0.2, 0.25) is 0 Å². The van der Waals surface area contributed by atoms with Crippen LogP contribution in [0.15, 0.2) is 121 Å². The number of rotatable bonds is 15. The fourth-order valence-electron chi connectivity index (χ4n) is 7.46. The molecule has 370 valence electrons. The standard InChI is InChI=1S/C48H44F3NO18/c1-25(53)62-24-32-35(63-26(2)54)36(64-27(3)55)33(52-47(61)48(49,50)51)46(65-32)70-38-34(56)37(66-42(57)28-16-8-4-9-17-28)39(67-43(58)29-18-10-5-11-19-29)41(69-45(60)31-22-14-7-15-23-31)40(38)68-44(59)30-20-12-6-13-21-30/h4-23,32-41,46,56H,24H2,1-3H3,(H,52,61)/t32-,33-,34-,35-,36-,37+,38+,39-,40-,41-,46+/m1/s1. The van der Waals surface area contributed by atoms with Crippen LogP contribution in [0.4, 0.5) is 13.2 Å². The summed E-state index contributed by atoms with van der Waals surface area (Å²) >= 11 is 0. The number of carbonyl (C=O) groups is 8. The monoisotopic (exact) mass is 979 g/mol. The molecule has 0 radical (unpaired) electrons. The van der Waals surface area contributed by atoms with Crippen molar-refractivity contribution in [2.24, 2.45) is 0 Å². The molecule has 19 nitrogen and oxygen atoms in total. The molecule has 1 amide bonds. The molecule has 6 rings (SSSR count). The van der Waals surface area contributed by atoms with Crippen molar-refractivity contribution in [2.75, 3.05) is 6.61 Å². The number of halogens is 3. The number of carbonyl (C=O) groups excluding carboxylic acids is 8. The van der Waals surface area contributed by atoms with Gasteiger partial charge in [0.25, 0.3) is 0 Å². The summed E-state index contributed by atoms with van der Waals surface area (Å²) in [4.78, 5) is 106. The number of aliphatic hydroxyl groups is 1. The zero-order valence-corrected chi connectivity index (χ0v) is 37.1. The van der Waals surface area contributed by atoms with E-state index in [1.54, 1.807) is 29.6 Å². The van der Waals surface area contributed by atoms with Crippen LogP contribution in [0.25, 0.3) is 0 Å². The predicted octanol–water partition coefficient (Wildman–Crippen LogP) is 3.85. The van der Waals surface area contributed by atoms with E-state index in [1.165, 1.54) is 97.1 Å². The van der Waals surface area contributed by atoms with Crippen LogP contribution >= 0.6 is 0 Å². The normalized spacial score (nSPS) is 25.2. The highest BCUT2D eigenvalue weighted by Crippen LogP contribution is 2.38. The predicted molar refractivity (Wildman–Crippen MR) is 228 cm³/mol. The number of ether oxygens (including phenoxy) is 9. The van der Waals surface area contributed by atoms with Gasteiger partial charge < -0.3 is 53.1 Å². The van der Waals surface area contributed by atoms with Gasteiger partial charge in [-0.1, -0.05) is 72.8 Å². The van der Waals surface area contributed by atoms with Gasteiger partial charge in [0.05, 0.1) is 22.3 Å². The lowest BCUT2D eigenvalue weighted by atomic mass is 9.83. The number of hydrogen-bond donors (Lipinski definition) is 2. The fourth-order valence-corrected chi connectivity index (χ4v) is 7.46. The molecule has 1 saturated carbocycles. The van der Waals surface area contributed by atoms with Crippen LogP contribution in [0, 0.1) is 0 Å². The number of esters is 7. The summed E-state index contributed by atoms with van der Waals surface area (Å²) in [5.74, 6) is -10.7. The third-order valence-corrected chi connectivity index (χ3v) is 10.5. The van der Waals surface area contributed by atoms with E-state index in [4.69, 9.17) is 42.6 Å². The molecule has 22 heteroatoms. The summed E-state index contributed by atoms with van der Waals surface area (Å²) in [5, 5.41) is 14.2. The molecule has 2 N–H and O–H groups in total. The lowest BCUT2D eigenvalue weighted by molar-refractivity contribution is -0.320. The van der Waals surface area contributed by atoms with E-state index in [2.05, 4.69) is 0 Å². The van der Waals surface area contributed by atoms with Crippen molar-refractivity contribution in [3.63, 3.8) is 0 Å². The summed E-state index contributed by atoms with van der Waals surface area (Å²) in [5.41, 5.74) is -0.532. The molecule has 1 saturated heterocycles. The highest BCUT2D eigenvalue weighted by molar-refractivity contribution is 5.92. The Balaban J connectivity index is 1.57. The molecule has 0 bridgehead atoms. The second kappa shape index (κ2) is 23.1. The van der Waals surface area contributed by atoms with E-state index in [0.717, 1.165) is 20.8 Å². The minimum Gasteiger partial charge on any atom is -0.463 e. The molecule has 1 aliphatic carbocycles. The molecule has 4 aromatic rings. The Morgan fingerprint density at radius 3 is 1.23 bits per heavy atom. The Morgan fingerprint density at radius 2 is 0.857 bits per heavy atom. The van der Waals surface area contributed by atoms with Crippen molar-refractivity contribution in [1.82, 2.24) is 5.32 Å². The number of aliphatic hydroxyl groups excluding tert-OH is 1. The second-order valence-electron chi connectivity index (χ2n) is 15.5. The van der Waals surface area contributed by atoms with Crippen molar-refractivity contribution in [2.45, 2.75) is 94.2 Å². The van der Waals surface area contributed by atoms with Crippen LogP contribution in [0.5, 0.6) is 0 Å². The van der Waals surface area contributed by atoms with Gasteiger partial charge in [0, 0.05) is 20.8 Å². The van der Waals surface area contributed by atoms with E-state index in [1.807, 2.05) is 0 Å². The van der Waals surface area contributed by atoms with Crippen LogP contribution in [-0.2, 0) is 61.8 Å². The number of hydrogen-bond acceptors (Lipinski definition) is 18. The highest BCUT2D eigenvalue weighted by Gasteiger charge is 2.61. The van der Waals surface area contributed by atoms with Crippen LogP contribution < -0.4 is 5.32 Å². The summed E-state index contributed by atoms with van der Waals surface area (Å²) in [6.45, 7) is 1.78. The minimum absolute atomic E-state index is 0.106. The molecule has 4 aromatic carbocycles. The average molecular weight is 980 g/mol. The van der Waals surface area contributed by atoms with Crippen LogP contribution in [0.1, 0.15) is 62.2 Å². The summed E-state index contributed by atoms with van der Waals surface area (Å²) < 4.78 is 94.1. The largest absolute Gasteiger partial charge is 0.471 e. The van der Waals surface area contributed by atoms with Gasteiger partial charge in [-0.3, -0.25) is 19.2 Å². The van der Waals surface area contributed by atoms with Crippen molar-refractivity contribution < 1.29 is 99.3 Å². The number of alkyl halides is 3. The van der Waals surface area contributed by atoms with Crippen molar-refractivity contribution in [3.05, 3.63) is 144 Å². The molecule has 2 aliphatic rings. The van der Waals surface area contributed by atoms with Crippen LogP contribution in [-0.4, -0.2) is 133 Å². The molecular formula is C48H44F3NO18. The molecule has 1 aliphatic heterocycles. The van der Waals surface area contributed by atoms with Gasteiger partial charge >= 0.3 is 53.9 Å². The van der Waals surface area contributed by atoms with E-state index in [-0.39, 0.29) is 22.3 Å². The Morgan fingerprint density at radius 1 is 0.500 bits per heavy atom. The molecular weight excluding hydrogens is 936 g/mol. The molecule has 2 fully saturated rings. The minimum atomic E-state index is -5.65. The first kappa shape index (κ1) is 51.7. The van der Waals surface area contributed by atoms with Crippen LogP contribution in [0.2, 0.25) is 0 Å². The van der Waals surface area contributed by atoms with Crippen molar-refractivity contribution >= 4 is 47.7 Å². The molecule has 1 heterocycles. The molecule has 70 heavy (non-hydrogen) atoms. The zero-order chi connectivity index (χ0) is 50.7. The Bertz CT molecular complexity index is 2500. The Kier molecular flexibility index (Phi) is 17.0. The SMILES string of the molecule is CC(=O)OC[C@H]1O[C@@H](O[C@H]2[C@H](O)[C@H](OC(=O)c3ccccc3)[C@@H](OC(=O)c3ccccc3)[C@@H](OC(=O)c3ccccc3)[C@@H]2OC(=O)c2ccccc2)[C@H](NC(=O)C(F)(F)F)[C@@H](OC(C)=O)[C@@H]1OC(C)=O. The molecule has 0 spiro atoms. The maximum atomic E-state index is 14.1. The van der Waals surface area contributed by atoms with Gasteiger partial charge in [0.15, 0.2) is 42.9 Å². The number of nitrogens with one attached hydrogen (secondary N) is 1. The molecule has 0 unspecified atom stereocenters. The summed E-state index contributed by atoms with van der Waals surface area (Å²) in [7, 11) is 0. The smallest absolute Gasteiger partial charge is 0.463 e. The van der Waals surface area contributed by atoms with E-state index >= 15 is 0 Å². The van der Waals surface area contributed by atoms with Gasteiger partial charge in [0.1, 0.15) is 31.0 Å². The third-order valence-electron chi connectivity index (χ3n) is 10.5. The third kappa shape index (κ3) is 13.1. The zero-order valence-electron chi connectivity index (χ0n) is 37.1. The Labute approximate surface area is 396 Å².